The van der Waals surface area contributed by atoms with Crippen molar-refractivity contribution >= 4 is 32.7 Å². The van der Waals surface area contributed by atoms with E-state index in [0.717, 1.165) is 38.8 Å². The second-order valence-electron chi connectivity index (χ2n) is 12.7. The maximum atomic E-state index is 10.6. The van der Waals surface area contributed by atoms with Gasteiger partial charge < -0.3 is 9.84 Å². The van der Waals surface area contributed by atoms with Crippen LogP contribution in [0.1, 0.15) is 58.2 Å². The highest BCUT2D eigenvalue weighted by atomic mass is 16.5. The molecule has 202 valence electrons. The monoisotopic (exact) mass is 529 g/mol. The number of aromatic hydroxyl groups is 1. The van der Waals surface area contributed by atoms with Crippen LogP contribution in [-0.4, -0.2) is 19.6 Å². The Balaban J connectivity index is 1.51. The maximum Gasteiger partial charge on any atom is 0.219 e. The molecule has 6 rings (SSSR count). The Labute approximate surface area is 235 Å². The summed E-state index contributed by atoms with van der Waals surface area (Å²) in [6, 6.07) is 24.5. The maximum absolute atomic E-state index is 10.6. The normalized spacial score (nSPS) is 12.5. The van der Waals surface area contributed by atoms with E-state index >= 15 is 0 Å². The number of hydrogen-bond donors (Lipinski definition) is 1. The number of nitrogens with zero attached hydrogens (tertiary/aromatic N) is 3. The summed E-state index contributed by atoms with van der Waals surface area (Å²) in [6.07, 6.45) is 1.85. The van der Waals surface area contributed by atoms with Crippen LogP contribution < -0.4 is 4.74 Å². The van der Waals surface area contributed by atoms with Crippen LogP contribution in [0, 0.1) is 6.92 Å². The Hall–Kier alpha value is -4.38. The fraction of sp³-hybridized carbons (Fsp3) is 0.257. The smallest absolute Gasteiger partial charge is 0.219 e. The van der Waals surface area contributed by atoms with Crippen LogP contribution in [0.4, 0.5) is 0 Å². The molecule has 3 heterocycles. The number of rotatable bonds is 3. The number of aryl methyl sites for hydroxylation is 1. The van der Waals surface area contributed by atoms with Crippen molar-refractivity contribution in [3.05, 3.63) is 95.7 Å². The minimum atomic E-state index is -0.0782. The van der Waals surface area contributed by atoms with Gasteiger partial charge in [0, 0.05) is 34.5 Å². The van der Waals surface area contributed by atoms with Gasteiger partial charge in [-0.05, 0) is 83.0 Å². The predicted octanol–water partition coefficient (Wildman–Crippen LogP) is 9.13. The molecule has 5 heteroatoms. The van der Waals surface area contributed by atoms with Crippen LogP contribution >= 0.6 is 0 Å². The van der Waals surface area contributed by atoms with Gasteiger partial charge in [0.2, 0.25) is 5.88 Å². The van der Waals surface area contributed by atoms with Crippen molar-refractivity contribution in [3.8, 4) is 23.2 Å². The van der Waals surface area contributed by atoms with Crippen LogP contribution in [0.15, 0.2) is 79.0 Å². The molecule has 0 radical (unpaired) electrons. The molecule has 3 aromatic carbocycles. The first-order valence-corrected chi connectivity index (χ1v) is 13.7. The minimum absolute atomic E-state index is 0.0351. The molecular weight excluding hydrogens is 494 g/mol. The highest BCUT2D eigenvalue weighted by Gasteiger charge is 2.21. The SMILES string of the molecule is Cc1ccnc(-n2c3ccc(C(C)(C)C)cc3c3ccc(Oc4ccc5c(C(C)(C)C)ccc(O)c5n4)cc32)c1. The van der Waals surface area contributed by atoms with Crippen molar-refractivity contribution in [1.29, 1.82) is 0 Å². The van der Waals surface area contributed by atoms with E-state index in [1.54, 1.807) is 6.07 Å². The molecule has 0 amide bonds. The molecule has 0 saturated heterocycles. The van der Waals surface area contributed by atoms with E-state index in [0.29, 0.717) is 17.1 Å². The van der Waals surface area contributed by atoms with Crippen molar-refractivity contribution in [2.75, 3.05) is 0 Å². The average Bonchev–Trinajstić information content (AvgIpc) is 3.21. The number of fused-ring (bicyclic) bond motifs is 4. The van der Waals surface area contributed by atoms with Gasteiger partial charge in [-0.15, -0.1) is 0 Å². The van der Waals surface area contributed by atoms with Crippen molar-refractivity contribution in [2.24, 2.45) is 0 Å². The summed E-state index contributed by atoms with van der Waals surface area (Å²) < 4.78 is 8.51. The molecule has 6 aromatic rings. The Kier molecular flexibility index (Phi) is 5.88. The Bertz CT molecular complexity index is 1920. The van der Waals surface area contributed by atoms with Crippen molar-refractivity contribution < 1.29 is 9.84 Å². The van der Waals surface area contributed by atoms with Gasteiger partial charge in [0.15, 0.2) is 0 Å². The number of ether oxygens (including phenoxy) is 1. The molecule has 1 N–H and O–H groups in total. The molecule has 0 spiro atoms. The number of pyridine rings is 2. The van der Waals surface area contributed by atoms with E-state index in [-0.39, 0.29) is 16.6 Å². The summed E-state index contributed by atoms with van der Waals surface area (Å²) in [5, 5.41) is 13.9. The van der Waals surface area contributed by atoms with E-state index in [1.807, 2.05) is 42.6 Å². The third-order valence-electron chi connectivity index (χ3n) is 7.57. The standard InChI is InChI=1S/C35H35N3O2/c1-21-16-17-36-31(18-21)38-28-13-8-22(34(2,3)4)19-26(28)24-10-9-23(20-29(24)38)40-32-15-11-25-27(35(5,6)7)12-14-30(39)33(25)37-32/h8-20,39H,1-7H3. The van der Waals surface area contributed by atoms with Gasteiger partial charge in [0.25, 0.3) is 0 Å². The number of aromatic nitrogens is 3. The summed E-state index contributed by atoms with van der Waals surface area (Å²) in [4.78, 5) is 9.43. The van der Waals surface area contributed by atoms with Gasteiger partial charge in [0.05, 0.1) is 11.0 Å². The topological polar surface area (TPSA) is 60.2 Å². The largest absolute Gasteiger partial charge is 0.506 e. The van der Waals surface area contributed by atoms with E-state index in [4.69, 9.17) is 14.7 Å². The number of benzene rings is 3. The van der Waals surface area contributed by atoms with E-state index in [1.165, 1.54) is 10.9 Å². The molecule has 5 nitrogen and oxygen atoms in total. The summed E-state index contributed by atoms with van der Waals surface area (Å²) in [5.74, 6) is 2.10. The van der Waals surface area contributed by atoms with Gasteiger partial charge in [0.1, 0.15) is 22.8 Å². The number of phenolic OH excluding ortho intramolecular Hbond substituents is 1. The molecule has 0 atom stereocenters. The molecule has 0 bridgehead atoms. The van der Waals surface area contributed by atoms with Crippen LogP contribution in [0.25, 0.3) is 38.5 Å². The van der Waals surface area contributed by atoms with Gasteiger partial charge in [-0.3, -0.25) is 4.57 Å². The van der Waals surface area contributed by atoms with Gasteiger partial charge in [-0.2, -0.15) is 0 Å². The highest BCUT2D eigenvalue weighted by Crippen LogP contribution is 2.38. The molecule has 0 saturated carbocycles. The lowest BCUT2D eigenvalue weighted by molar-refractivity contribution is 0.460. The third kappa shape index (κ3) is 4.45. The zero-order valence-electron chi connectivity index (χ0n) is 24.2. The quantitative estimate of drug-likeness (QED) is 0.248. The Morgan fingerprint density at radius 3 is 2.23 bits per heavy atom. The number of hydrogen-bond acceptors (Lipinski definition) is 4. The summed E-state index contributed by atoms with van der Waals surface area (Å²) >= 11 is 0. The second-order valence-corrected chi connectivity index (χ2v) is 12.7. The fourth-order valence-corrected chi connectivity index (χ4v) is 5.44. The molecular formula is C35H35N3O2. The first kappa shape index (κ1) is 25.9. The summed E-state index contributed by atoms with van der Waals surface area (Å²) in [5.41, 5.74) is 6.17. The van der Waals surface area contributed by atoms with Crippen molar-refractivity contribution in [2.45, 2.75) is 59.3 Å². The molecule has 40 heavy (non-hydrogen) atoms. The lowest BCUT2D eigenvalue weighted by Crippen LogP contribution is -2.11. The highest BCUT2D eigenvalue weighted by molar-refractivity contribution is 6.09. The second kappa shape index (κ2) is 9.09. The van der Waals surface area contributed by atoms with E-state index in [9.17, 15) is 5.11 Å². The van der Waals surface area contributed by atoms with Gasteiger partial charge in [-0.1, -0.05) is 53.7 Å². The van der Waals surface area contributed by atoms with Crippen LogP contribution in [0.2, 0.25) is 0 Å². The fourth-order valence-electron chi connectivity index (χ4n) is 5.44. The predicted molar refractivity (Wildman–Crippen MR) is 164 cm³/mol. The first-order chi connectivity index (χ1) is 18.9. The third-order valence-corrected chi connectivity index (χ3v) is 7.57. The Morgan fingerprint density at radius 2 is 1.50 bits per heavy atom. The van der Waals surface area contributed by atoms with E-state index in [2.05, 4.69) is 83.4 Å². The zero-order chi connectivity index (χ0) is 28.4. The molecule has 0 aliphatic heterocycles. The molecule has 0 unspecified atom stereocenters. The lowest BCUT2D eigenvalue weighted by Gasteiger charge is -2.21. The van der Waals surface area contributed by atoms with Crippen molar-refractivity contribution in [1.82, 2.24) is 14.5 Å². The minimum Gasteiger partial charge on any atom is -0.506 e. The average molecular weight is 530 g/mol. The van der Waals surface area contributed by atoms with Crippen LogP contribution in [0.3, 0.4) is 0 Å². The van der Waals surface area contributed by atoms with Crippen LogP contribution in [0.5, 0.6) is 17.4 Å². The Morgan fingerprint density at radius 1 is 0.725 bits per heavy atom. The summed E-state index contributed by atoms with van der Waals surface area (Å²) in [7, 11) is 0. The molecule has 3 aromatic heterocycles. The van der Waals surface area contributed by atoms with E-state index < -0.39 is 0 Å². The van der Waals surface area contributed by atoms with Gasteiger partial charge >= 0.3 is 0 Å². The molecule has 0 fully saturated rings. The first-order valence-electron chi connectivity index (χ1n) is 13.7. The summed E-state index contributed by atoms with van der Waals surface area (Å²) in [6.45, 7) is 15.3. The molecule has 0 aliphatic carbocycles. The molecule has 0 aliphatic rings. The zero-order valence-corrected chi connectivity index (χ0v) is 24.2. The number of phenols is 1. The van der Waals surface area contributed by atoms with Gasteiger partial charge in [-0.25, -0.2) is 9.97 Å². The van der Waals surface area contributed by atoms with Crippen molar-refractivity contribution in [3.63, 3.8) is 0 Å². The lowest BCUT2D eigenvalue weighted by atomic mass is 9.84. The van der Waals surface area contributed by atoms with Crippen LogP contribution in [-0.2, 0) is 10.8 Å².